The largest absolute Gasteiger partial charge is 0.496 e. The lowest BCUT2D eigenvalue weighted by atomic mass is 9.91. The Kier molecular flexibility index (Phi) is 9.76. The average molecular weight is 444 g/mol. The molecule has 0 radical (unpaired) electrons. The van der Waals surface area contributed by atoms with Crippen molar-refractivity contribution in [1.82, 2.24) is 14.7 Å². The van der Waals surface area contributed by atoms with Gasteiger partial charge in [0.1, 0.15) is 5.75 Å². The third kappa shape index (κ3) is 8.30. The van der Waals surface area contributed by atoms with E-state index in [1.54, 1.807) is 7.11 Å². The van der Waals surface area contributed by atoms with E-state index in [1.807, 2.05) is 60.1 Å². The molecule has 1 aliphatic heterocycles. The highest BCUT2D eigenvalue weighted by atomic mass is 16.5. The number of nitrogens with zero attached hydrogens (tertiary/aromatic N) is 3. The first-order valence-electron chi connectivity index (χ1n) is 11.7. The summed E-state index contributed by atoms with van der Waals surface area (Å²) in [5, 5.41) is 0. The normalized spacial score (nSPS) is 15.4. The Morgan fingerprint density at radius 1 is 1.12 bits per heavy atom. The molecular formula is C26H41N3O3. The number of piperazine rings is 1. The van der Waals surface area contributed by atoms with Crippen LogP contribution in [-0.2, 0) is 9.59 Å². The highest BCUT2D eigenvalue weighted by molar-refractivity contribution is 5.78. The van der Waals surface area contributed by atoms with Crippen molar-refractivity contribution in [3.8, 4) is 5.75 Å². The van der Waals surface area contributed by atoms with Crippen molar-refractivity contribution >= 4 is 17.9 Å². The molecule has 2 rings (SSSR count). The summed E-state index contributed by atoms with van der Waals surface area (Å²) >= 11 is 0. The first-order chi connectivity index (χ1) is 15.1. The Hall–Kier alpha value is -2.34. The summed E-state index contributed by atoms with van der Waals surface area (Å²) in [6.07, 6.45) is 4.58. The van der Waals surface area contributed by atoms with Gasteiger partial charge in [-0.3, -0.25) is 14.5 Å². The lowest BCUT2D eigenvalue weighted by molar-refractivity contribution is -0.136. The molecule has 6 nitrogen and oxygen atoms in total. The van der Waals surface area contributed by atoms with Crippen molar-refractivity contribution in [2.24, 2.45) is 11.3 Å². The summed E-state index contributed by atoms with van der Waals surface area (Å²) in [6, 6.07) is 7.87. The van der Waals surface area contributed by atoms with Crippen molar-refractivity contribution in [2.75, 3.05) is 52.9 Å². The zero-order chi connectivity index (χ0) is 23.7. The van der Waals surface area contributed by atoms with E-state index < -0.39 is 0 Å². The number of benzene rings is 1. The van der Waals surface area contributed by atoms with Gasteiger partial charge >= 0.3 is 0 Å². The molecule has 1 fully saturated rings. The molecule has 0 saturated carbocycles. The Balaban J connectivity index is 1.96. The van der Waals surface area contributed by atoms with E-state index in [4.69, 9.17) is 4.74 Å². The minimum atomic E-state index is -0.0511. The molecule has 0 aromatic heterocycles. The molecule has 1 aromatic rings. The number of hydrogen-bond donors (Lipinski definition) is 0. The summed E-state index contributed by atoms with van der Waals surface area (Å²) in [6.45, 7) is 15.5. The van der Waals surface area contributed by atoms with Gasteiger partial charge in [-0.05, 0) is 11.5 Å². The fourth-order valence-corrected chi connectivity index (χ4v) is 3.81. The van der Waals surface area contributed by atoms with Gasteiger partial charge in [0.2, 0.25) is 11.8 Å². The van der Waals surface area contributed by atoms with Crippen molar-refractivity contribution < 1.29 is 14.3 Å². The van der Waals surface area contributed by atoms with Gasteiger partial charge in [-0.2, -0.15) is 0 Å². The number of methoxy groups -OCH3 is 1. The number of carbonyl (C=O) groups is 2. The first kappa shape index (κ1) is 25.9. The van der Waals surface area contributed by atoms with Crippen LogP contribution in [-0.4, -0.2) is 79.4 Å². The smallest absolute Gasteiger partial charge is 0.225 e. The van der Waals surface area contributed by atoms with Crippen LogP contribution in [0.15, 0.2) is 30.3 Å². The Morgan fingerprint density at radius 2 is 1.78 bits per heavy atom. The van der Waals surface area contributed by atoms with Crippen LogP contribution in [0.25, 0.3) is 6.08 Å². The van der Waals surface area contributed by atoms with Crippen LogP contribution in [0.3, 0.4) is 0 Å². The molecule has 1 aromatic carbocycles. The van der Waals surface area contributed by atoms with Gasteiger partial charge in [0.15, 0.2) is 0 Å². The summed E-state index contributed by atoms with van der Waals surface area (Å²) in [5.41, 5.74) is 0.953. The molecule has 0 N–H and O–H groups in total. The van der Waals surface area contributed by atoms with E-state index in [0.29, 0.717) is 19.5 Å². The average Bonchev–Trinajstić information content (AvgIpc) is 2.74. The quantitative estimate of drug-likeness (QED) is 0.583. The molecule has 1 saturated heterocycles. The number of carbonyl (C=O) groups excluding carboxylic acids is 2. The van der Waals surface area contributed by atoms with Crippen LogP contribution in [0, 0.1) is 11.3 Å². The van der Waals surface area contributed by atoms with Crippen molar-refractivity contribution in [2.45, 2.75) is 41.0 Å². The van der Waals surface area contributed by atoms with Gasteiger partial charge in [0, 0.05) is 63.7 Å². The molecular weight excluding hydrogens is 402 g/mol. The predicted molar refractivity (Wildman–Crippen MR) is 131 cm³/mol. The van der Waals surface area contributed by atoms with Gasteiger partial charge in [-0.1, -0.05) is 65.0 Å². The van der Waals surface area contributed by atoms with Crippen molar-refractivity contribution in [3.05, 3.63) is 35.9 Å². The van der Waals surface area contributed by atoms with Gasteiger partial charge < -0.3 is 14.5 Å². The summed E-state index contributed by atoms with van der Waals surface area (Å²) in [4.78, 5) is 31.5. The molecule has 32 heavy (non-hydrogen) atoms. The maximum Gasteiger partial charge on any atom is 0.225 e. The molecule has 0 atom stereocenters. The Bertz CT molecular complexity index is 775. The summed E-state index contributed by atoms with van der Waals surface area (Å²) < 4.78 is 5.42. The fraction of sp³-hybridized carbons (Fsp3) is 0.615. The molecule has 0 bridgehead atoms. The fourth-order valence-electron chi connectivity index (χ4n) is 3.81. The minimum Gasteiger partial charge on any atom is -0.496 e. The summed E-state index contributed by atoms with van der Waals surface area (Å²) in [7, 11) is 1.67. The number of ether oxygens (including phenoxy) is 1. The van der Waals surface area contributed by atoms with Crippen LogP contribution in [0.1, 0.15) is 46.6 Å². The highest BCUT2D eigenvalue weighted by Gasteiger charge is 2.24. The number of rotatable bonds is 9. The summed E-state index contributed by atoms with van der Waals surface area (Å²) in [5.74, 6) is 1.27. The SMILES string of the molecule is COc1ccccc1/C=C/CN(CCN1CCN(C(=O)C(C)C)CC1)C(=O)CC(C)(C)C. The topological polar surface area (TPSA) is 53.1 Å². The first-order valence-corrected chi connectivity index (χ1v) is 11.7. The van der Waals surface area contributed by atoms with Crippen LogP contribution < -0.4 is 4.74 Å². The zero-order valence-electron chi connectivity index (χ0n) is 20.8. The highest BCUT2D eigenvalue weighted by Crippen LogP contribution is 2.21. The van der Waals surface area contributed by atoms with E-state index in [1.165, 1.54) is 0 Å². The molecule has 2 amide bonds. The predicted octanol–water partition coefficient (Wildman–Crippen LogP) is 3.77. The third-order valence-electron chi connectivity index (χ3n) is 5.66. The number of amides is 2. The monoisotopic (exact) mass is 443 g/mol. The second kappa shape index (κ2) is 12.0. The second-order valence-electron chi connectivity index (χ2n) is 10.0. The minimum absolute atomic E-state index is 0.0436. The number of hydrogen-bond acceptors (Lipinski definition) is 4. The molecule has 0 unspecified atom stereocenters. The van der Waals surface area contributed by atoms with E-state index in [-0.39, 0.29) is 23.1 Å². The Morgan fingerprint density at radius 3 is 2.38 bits per heavy atom. The van der Waals surface area contributed by atoms with E-state index in [9.17, 15) is 9.59 Å². The van der Waals surface area contributed by atoms with Crippen molar-refractivity contribution in [1.29, 1.82) is 0 Å². The molecule has 178 valence electrons. The van der Waals surface area contributed by atoms with E-state index in [0.717, 1.165) is 44.0 Å². The molecule has 0 aliphatic carbocycles. The maximum atomic E-state index is 13.0. The van der Waals surface area contributed by atoms with Gasteiger partial charge in [0.25, 0.3) is 0 Å². The van der Waals surface area contributed by atoms with Crippen LogP contribution >= 0.6 is 0 Å². The van der Waals surface area contributed by atoms with Crippen LogP contribution in [0.5, 0.6) is 5.75 Å². The number of para-hydroxylation sites is 1. The zero-order valence-corrected chi connectivity index (χ0v) is 20.8. The molecule has 6 heteroatoms. The molecule has 1 heterocycles. The van der Waals surface area contributed by atoms with Gasteiger partial charge in [-0.25, -0.2) is 0 Å². The lowest BCUT2D eigenvalue weighted by Crippen LogP contribution is -2.51. The van der Waals surface area contributed by atoms with Crippen molar-refractivity contribution in [3.63, 3.8) is 0 Å². The Labute approximate surface area is 194 Å². The van der Waals surface area contributed by atoms with Gasteiger partial charge in [0.05, 0.1) is 7.11 Å². The third-order valence-corrected chi connectivity index (χ3v) is 5.66. The van der Waals surface area contributed by atoms with E-state index >= 15 is 0 Å². The molecule has 0 spiro atoms. The van der Waals surface area contributed by atoms with E-state index in [2.05, 4.69) is 25.7 Å². The standard InChI is InChI=1S/C26H41N3O3/c1-21(2)25(31)29-18-15-27(16-19-29)14-17-28(24(30)20-26(3,4)5)13-9-11-22-10-7-8-12-23(22)32-6/h7-12,21H,13-20H2,1-6H3/b11-9+. The molecule has 1 aliphatic rings. The van der Waals surface area contributed by atoms with Gasteiger partial charge in [-0.15, -0.1) is 0 Å². The van der Waals surface area contributed by atoms with Crippen LogP contribution in [0.4, 0.5) is 0 Å². The second-order valence-corrected chi connectivity index (χ2v) is 10.0. The lowest BCUT2D eigenvalue weighted by Gasteiger charge is -2.36. The maximum absolute atomic E-state index is 13.0. The van der Waals surface area contributed by atoms with Crippen LogP contribution in [0.2, 0.25) is 0 Å².